The summed E-state index contributed by atoms with van der Waals surface area (Å²) in [6.07, 6.45) is 3.08. The Balaban J connectivity index is 2.35. The van der Waals surface area contributed by atoms with Crippen molar-refractivity contribution in [1.82, 2.24) is 0 Å². The molecule has 0 unspecified atom stereocenters. The molecular formula is C14H20O3Si. The number of carbonyl (C=O) groups excluding carboxylic acids is 1. The summed E-state index contributed by atoms with van der Waals surface area (Å²) in [5.74, 6) is 0.492. The van der Waals surface area contributed by atoms with Crippen molar-refractivity contribution in [2.24, 2.45) is 0 Å². The molecule has 18 heavy (non-hydrogen) atoms. The second-order valence-electron chi connectivity index (χ2n) is 4.29. The molecule has 1 aromatic rings. The number of hydrogen-bond donors (Lipinski definition) is 0. The predicted molar refractivity (Wildman–Crippen MR) is 76.1 cm³/mol. The maximum Gasteiger partial charge on any atom is 0.337 e. The molecule has 0 aliphatic carbocycles. The van der Waals surface area contributed by atoms with Crippen molar-refractivity contribution in [2.75, 3.05) is 13.3 Å². The minimum absolute atomic E-state index is 0.195. The molecule has 0 saturated carbocycles. The Morgan fingerprint density at radius 1 is 1.28 bits per heavy atom. The topological polar surface area (TPSA) is 35.5 Å². The third-order valence-electron chi connectivity index (χ3n) is 2.45. The van der Waals surface area contributed by atoms with Crippen molar-refractivity contribution >= 4 is 15.5 Å². The van der Waals surface area contributed by atoms with E-state index in [4.69, 9.17) is 4.74 Å². The molecule has 0 aromatic heterocycles. The molecule has 0 N–H and O–H groups in total. The Bertz CT molecular complexity index is 406. The zero-order chi connectivity index (χ0) is 13.4. The van der Waals surface area contributed by atoms with Gasteiger partial charge in [0.2, 0.25) is 0 Å². The first kappa shape index (κ1) is 14.5. The van der Waals surface area contributed by atoms with E-state index < -0.39 is 0 Å². The molecule has 1 rings (SSSR count). The van der Waals surface area contributed by atoms with Gasteiger partial charge in [-0.2, -0.15) is 0 Å². The minimum Gasteiger partial charge on any atom is -0.498 e. The van der Waals surface area contributed by atoms with Crippen LogP contribution in [0.15, 0.2) is 35.9 Å². The molecule has 0 aliphatic rings. The van der Waals surface area contributed by atoms with Crippen LogP contribution in [0.5, 0.6) is 5.75 Å². The van der Waals surface area contributed by atoms with Gasteiger partial charge in [0.25, 0.3) is 0 Å². The summed E-state index contributed by atoms with van der Waals surface area (Å²) in [6, 6.07) is 8.23. The monoisotopic (exact) mass is 264 g/mol. The molecule has 0 aliphatic heterocycles. The van der Waals surface area contributed by atoms with Gasteiger partial charge in [-0.25, -0.2) is 4.79 Å². The van der Waals surface area contributed by atoms with Crippen LogP contribution in [0.2, 0.25) is 6.04 Å². The fourth-order valence-corrected chi connectivity index (χ4v) is 2.80. The zero-order valence-electron chi connectivity index (χ0n) is 11.2. The van der Waals surface area contributed by atoms with Crippen molar-refractivity contribution in [3.63, 3.8) is 0 Å². The van der Waals surface area contributed by atoms with E-state index in [1.54, 1.807) is 12.1 Å². The molecule has 0 saturated heterocycles. The molecule has 0 fully saturated rings. The second kappa shape index (κ2) is 7.71. The SMILES string of the molecule is COC(=O)c1ccc(OC[SiH2]CC=C(C)C)cc1. The van der Waals surface area contributed by atoms with Gasteiger partial charge in [0.15, 0.2) is 0 Å². The van der Waals surface area contributed by atoms with Gasteiger partial charge in [-0.1, -0.05) is 11.6 Å². The van der Waals surface area contributed by atoms with Gasteiger partial charge in [-0.15, -0.1) is 0 Å². The highest BCUT2D eigenvalue weighted by Gasteiger charge is 2.04. The molecule has 0 atom stereocenters. The Morgan fingerprint density at radius 3 is 2.50 bits per heavy atom. The van der Waals surface area contributed by atoms with Crippen LogP contribution in [0.25, 0.3) is 0 Å². The molecule has 98 valence electrons. The van der Waals surface area contributed by atoms with Crippen molar-refractivity contribution in [3.05, 3.63) is 41.5 Å². The van der Waals surface area contributed by atoms with Gasteiger partial charge in [0.1, 0.15) is 5.75 Å². The fraction of sp³-hybridized carbons (Fsp3) is 0.357. The number of allylic oxidation sites excluding steroid dienone is 2. The van der Waals surface area contributed by atoms with Crippen LogP contribution in [0.3, 0.4) is 0 Å². The maximum atomic E-state index is 11.2. The van der Waals surface area contributed by atoms with Crippen LogP contribution in [-0.2, 0) is 4.74 Å². The average molecular weight is 264 g/mol. The van der Waals surface area contributed by atoms with Gasteiger partial charge in [-0.05, 0) is 44.2 Å². The largest absolute Gasteiger partial charge is 0.498 e. The van der Waals surface area contributed by atoms with Gasteiger partial charge < -0.3 is 9.47 Å². The third-order valence-corrected chi connectivity index (χ3v) is 3.63. The summed E-state index contributed by atoms with van der Waals surface area (Å²) in [5.41, 5.74) is 1.91. The predicted octanol–water partition coefficient (Wildman–Crippen LogP) is 2.36. The average Bonchev–Trinajstić information content (AvgIpc) is 2.38. The van der Waals surface area contributed by atoms with Crippen LogP contribution in [0.1, 0.15) is 24.2 Å². The molecular weight excluding hydrogens is 244 g/mol. The summed E-state index contributed by atoms with van der Waals surface area (Å²) < 4.78 is 10.3. The van der Waals surface area contributed by atoms with Crippen molar-refractivity contribution in [1.29, 1.82) is 0 Å². The van der Waals surface area contributed by atoms with Gasteiger partial charge >= 0.3 is 5.97 Å². The normalized spacial score (nSPS) is 10.4. The van der Waals surface area contributed by atoms with E-state index in [-0.39, 0.29) is 15.5 Å². The van der Waals surface area contributed by atoms with Gasteiger partial charge in [0.05, 0.1) is 28.4 Å². The Labute approximate surface area is 111 Å². The maximum absolute atomic E-state index is 11.2. The first-order chi connectivity index (χ1) is 8.63. The quantitative estimate of drug-likeness (QED) is 0.342. The number of carbonyl (C=O) groups is 1. The van der Waals surface area contributed by atoms with E-state index in [0.29, 0.717) is 5.56 Å². The lowest BCUT2D eigenvalue weighted by atomic mass is 10.2. The van der Waals surface area contributed by atoms with Gasteiger partial charge in [0, 0.05) is 0 Å². The first-order valence-electron chi connectivity index (χ1n) is 6.08. The van der Waals surface area contributed by atoms with Crippen LogP contribution < -0.4 is 4.74 Å². The highest BCUT2D eigenvalue weighted by Crippen LogP contribution is 2.12. The van der Waals surface area contributed by atoms with Crippen molar-refractivity contribution in [2.45, 2.75) is 19.9 Å². The minimum atomic E-state index is -0.320. The van der Waals surface area contributed by atoms with Crippen LogP contribution in [0.4, 0.5) is 0 Å². The van der Waals surface area contributed by atoms with Crippen molar-refractivity contribution in [3.8, 4) is 5.75 Å². The molecule has 0 heterocycles. The molecule has 4 heteroatoms. The Morgan fingerprint density at radius 2 is 1.94 bits per heavy atom. The Kier molecular flexibility index (Phi) is 6.22. The highest BCUT2D eigenvalue weighted by atomic mass is 28.2. The number of esters is 1. The number of rotatable bonds is 6. The van der Waals surface area contributed by atoms with E-state index in [2.05, 4.69) is 24.7 Å². The van der Waals surface area contributed by atoms with Crippen LogP contribution in [0, 0.1) is 0 Å². The van der Waals surface area contributed by atoms with E-state index >= 15 is 0 Å². The summed E-state index contributed by atoms with van der Waals surface area (Å²) in [7, 11) is 1.18. The summed E-state index contributed by atoms with van der Waals surface area (Å²) in [6.45, 7) is 4.22. The molecule has 0 radical (unpaired) electrons. The number of hydrogen-bond acceptors (Lipinski definition) is 3. The van der Waals surface area contributed by atoms with Crippen LogP contribution in [-0.4, -0.2) is 28.8 Å². The van der Waals surface area contributed by atoms with Crippen LogP contribution >= 0.6 is 0 Å². The number of benzene rings is 1. The van der Waals surface area contributed by atoms with E-state index in [9.17, 15) is 4.79 Å². The lowest BCUT2D eigenvalue weighted by molar-refractivity contribution is 0.0600. The molecule has 3 nitrogen and oxygen atoms in total. The number of ether oxygens (including phenoxy) is 2. The van der Waals surface area contributed by atoms with E-state index in [1.807, 2.05) is 12.1 Å². The lowest BCUT2D eigenvalue weighted by Gasteiger charge is -2.05. The zero-order valence-corrected chi connectivity index (χ0v) is 12.6. The third kappa shape index (κ3) is 5.18. The summed E-state index contributed by atoms with van der Waals surface area (Å²) >= 11 is 0. The summed E-state index contributed by atoms with van der Waals surface area (Å²) in [5, 5.41) is 0. The molecule has 0 spiro atoms. The second-order valence-corrected chi connectivity index (χ2v) is 5.98. The summed E-state index contributed by atoms with van der Waals surface area (Å²) in [4.78, 5) is 11.2. The highest BCUT2D eigenvalue weighted by molar-refractivity contribution is 6.36. The first-order valence-corrected chi connectivity index (χ1v) is 8.08. The smallest absolute Gasteiger partial charge is 0.337 e. The molecule has 1 aromatic carbocycles. The standard InChI is InChI=1S/C14H20O3Si/c1-11(2)8-9-18-10-17-13-6-4-12(5-7-13)14(15)16-3/h4-8H,9-10,18H2,1-3H3. The van der Waals surface area contributed by atoms with Crippen molar-refractivity contribution < 1.29 is 14.3 Å². The number of methoxy groups -OCH3 is 1. The van der Waals surface area contributed by atoms with E-state index in [0.717, 1.165) is 12.0 Å². The lowest BCUT2D eigenvalue weighted by Crippen LogP contribution is -2.06. The van der Waals surface area contributed by atoms with E-state index in [1.165, 1.54) is 18.7 Å². The molecule has 0 bridgehead atoms. The van der Waals surface area contributed by atoms with Gasteiger partial charge in [-0.3, -0.25) is 0 Å². The molecule has 0 amide bonds. The Hall–Kier alpha value is -1.55. The fourth-order valence-electron chi connectivity index (χ4n) is 1.47.